The highest BCUT2D eigenvalue weighted by atomic mass is 16.5. The monoisotopic (exact) mass is 343 g/mol. The molecular weight excluding hydrogens is 314 g/mol. The second kappa shape index (κ2) is 8.02. The van der Waals surface area contributed by atoms with Crippen LogP contribution in [-0.2, 0) is 0 Å². The molecule has 2 N–H and O–H groups in total. The first-order valence-electron chi connectivity index (χ1n) is 9.15. The molecule has 1 aliphatic heterocycles. The summed E-state index contributed by atoms with van der Waals surface area (Å²) >= 11 is 0. The second-order valence-corrected chi connectivity index (χ2v) is 7.26. The van der Waals surface area contributed by atoms with E-state index < -0.39 is 6.10 Å². The van der Waals surface area contributed by atoms with Crippen molar-refractivity contribution in [2.75, 3.05) is 32.1 Å². The van der Waals surface area contributed by atoms with Crippen LogP contribution in [0.15, 0.2) is 30.5 Å². The lowest BCUT2D eigenvalue weighted by atomic mass is 9.93. The second-order valence-electron chi connectivity index (χ2n) is 7.26. The first-order chi connectivity index (χ1) is 12.1. The molecule has 5 heteroatoms. The summed E-state index contributed by atoms with van der Waals surface area (Å²) < 4.78 is 5.38. The van der Waals surface area contributed by atoms with E-state index in [1.165, 1.54) is 12.8 Å². The Morgan fingerprint density at radius 1 is 1.40 bits per heavy atom. The summed E-state index contributed by atoms with van der Waals surface area (Å²) in [6.45, 7) is 6.85. The number of aliphatic hydroxyl groups excluding tert-OH is 1. The molecule has 0 saturated carbocycles. The van der Waals surface area contributed by atoms with Crippen molar-refractivity contribution in [2.24, 2.45) is 5.92 Å². The van der Waals surface area contributed by atoms with Gasteiger partial charge in [-0.3, -0.25) is 9.88 Å². The zero-order valence-corrected chi connectivity index (χ0v) is 15.4. The van der Waals surface area contributed by atoms with Gasteiger partial charge in [-0.25, -0.2) is 0 Å². The van der Waals surface area contributed by atoms with Crippen molar-refractivity contribution >= 4 is 16.6 Å². The van der Waals surface area contributed by atoms with Gasteiger partial charge in [-0.1, -0.05) is 13.0 Å². The maximum atomic E-state index is 10.5. The number of nitrogens with zero attached hydrogens (tertiary/aromatic N) is 2. The van der Waals surface area contributed by atoms with Crippen LogP contribution in [0, 0.1) is 5.92 Å². The lowest BCUT2D eigenvalue weighted by Crippen LogP contribution is -2.45. The highest BCUT2D eigenvalue weighted by Gasteiger charge is 2.24. The van der Waals surface area contributed by atoms with Gasteiger partial charge in [-0.05, 0) is 44.4 Å². The quantitative estimate of drug-likeness (QED) is 0.844. The molecule has 0 unspecified atom stereocenters. The molecule has 0 amide bonds. The van der Waals surface area contributed by atoms with E-state index in [0.29, 0.717) is 19.1 Å². The van der Waals surface area contributed by atoms with E-state index in [1.54, 1.807) is 13.3 Å². The van der Waals surface area contributed by atoms with Gasteiger partial charge in [-0.2, -0.15) is 0 Å². The predicted molar refractivity (Wildman–Crippen MR) is 102 cm³/mol. The number of aliphatic hydroxyl groups is 1. The SMILES string of the molecule is COc1cc(NC[C@H](O)CN2CC[C@@H](C)C[C@H]2C)c2ncccc2c1. The Hall–Kier alpha value is -1.85. The minimum absolute atomic E-state index is 0.416. The molecule has 1 aromatic carbocycles. The van der Waals surface area contributed by atoms with Crippen LogP contribution < -0.4 is 10.1 Å². The number of rotatable bonds is 6. The highest BCUT2D eigenvalue weighted by Crippen LogP contribution is 2.28. The van der Waals surface area contributed by atoms with Crippen molar-refractivity contribution in [3.63, 3.8) is 0 Å². The topological polar surface area (TPSA) is 57.6 Å². The normalized spacial score (nSPS) is 22.7. The molecule has 1 aromatic heterocycles. The maximum Gasteiger partial charge on any atom is 0.121 e. The van der Waals surface area contributed by atoms with Gasteiger partial charge in [0.2, 0.25) is 0 Å². The fourth-order valence-electron chi connectivity index (χ4n) is 3.71. The van der Waals surface area contributed by atoms with Crippen molar-refractivity contribution in [3.05, 3.63) is 30.5 Å². The Morgan fingerprint density at radius 2 is 2.24 bits per heavy atom. The number of nitrogens with one attached hydrogen (secondary N) is 1. The number of methoxy groups -OCH3 is 1. The summed E-state index contributed by atoms with van der Waals surface area (Å²) in [5.41, 5.74) is 1.80. The minimum atomic E-state index is -0.416. The summed E-state index contributed by atoms with van der Waals surface area (Å²) in [7, 11) is 1.66. The first-order valence-corrected chi connectivity index (χ1v) is 9.15. The van der Waals surface area contributed by atoms with Crippen LogP contribution in [0.5, 0.6) is 5.75 Å². The molecule has 25 heavy (non-hydrogen) atoms. The molecule has 5 nitrogen and oxygen atoms in total. The summed E-state index contributed by atoms with van der Waals surface area (Å²) in [6.07, 6.45) is 3.80. The molecule has 2 heterocycles. The third-order valence-electron chi connectivity index (χ3n) is 5.16. The van der Waals surface area contributed by atoms with Crippen molar-refractivity contribution in [1.82, 2.24) is 9.88 Å². The number of aromatic nitrogens is 1. The van der Waals surface area contributed by atoms with Gasteiger partial charge in [-0.15, -0.1) is 0 Å². The van der Waals surface area contributed by atoms with Crippen LogP contribution in [0.25, 0.3) is 10.9 Å². The van der Waals surface area contributed by atoms with E-state index in [0.717, 1.165) is 34.8 Å². The van der Waals surface area contributed by atoms with Gasteiger partial charge in [0.05, 0.1) is 24.4 Å². The number of pyridine rings is 1. The largest absolute Gasteiger partial charge is 0.497 e. The Balaban J connectivity index is 1.64. The standard InChI is InChI=1S/C20H29N3O2/c1-14-6-8-23(15(2)9-14)13-17(24)12-22-19-11-18(25-3)10-16-5-4-7-21-20(16)19/h4-5,7,10-11,14-15,17,22,24H,6,8-9,12-13H2,1-3H3/t14-,15-,17+/m1/s1. The number of hydrogen-bond donors (Lipinski definition) is 2. The van der Waals surface area contributed by atoms with Crippen LogP contribution in [-0.4, -0.2) is 53.9 Å². The molecule has 0 spiro atoms. The molecule has 2 aromatic rings. The molecular formula is C20H29N3O2. The zero-order valence-electron chi connectivity index (χ0n) is 15.4. The number of ether oxygens (including phenoxy) is 1. The number of β-amino-alcohol motifs (C(OH)–C–C–N with tert-alkyl or cyclic N) is 1. The molecule has 0 radical (unpaired) electrons. The number of hydrogen-bond acceptors (Lipinski definition) is 5. The van der Waals surface area contributed by atoms with Gasteiger partial charge in [0.15, 0.2) is 0 Å². The van der Waals surface area contributed by atoms with Crippen molar-refractivity contribution < 1.29 is 9.84 Å². The maximum absolute atomic E-state index is 10.5. The van der Waals surface area contributed by atoms with Gasteiger partial charge in [0.25, 0.3) is 0 Å². The molecule has 136 valence electrons. The Bertz CT molecular complexity index is 706. The molecule has 0 aliphatic carbocycles. The van der Waals surface area contributed by atoms with Crippen LogP contribution in [0.1, 0.15) is 26.7 Å². The average Bonchev–Trinajstić information content (AvgIpc) is 2.61. The predicted octanol–water partition coefficient (Wildman–Crippen LogP) is 3.14. The van der Waals surface area contributed by atoms with Crippen molar-refractivity contribution in [3.8, 4) is 5.75 Å². The lowest BCUT2D eigenvalue weighted by molar-refractivity contribution is 0.0661. The third-order valence-corrected chi connectivity index (χ3v) is 5.16. The number of anilines is 1. The van der Waals surface area contributed by atoms with Gasteiger partial charge in [0.1, 0.15) is 5.75 Å². The van der Waals surface area contributed by atoms with Crippen LogP contribution in [0.3, 0.4) is 0 Å². The van der Waals surface area contributed by atoms with Gasteiger partial charge < -0.3 is 15.2 Å². The Morgan fingerprint density at radius 3 is 3.00 bits per heavy atom. The summed E-state index contributed by atoms with van der Waals surface area (Å²) in [5, 5.41) is 14.9. The van der Waals surface area contributed by atoms with E-state index >= 15 is 0 Å². The van der Waals surface area contributed by atoms with E-state index in [-0.39, 0.29) is 0 Å². The smallest absolute Gasteiger partial charge is 0.121 e. The van der Waals surface area contributed by atoms with Crippen molar-refractivity contribution in [1.29, 1.82) is 0 Å². The van der Waals surface area contributed by atoms with Crippen LogP contribution in [0.4, 0.5) is 5.69 Å². The average molecular weight is 343 g/mol. The van der Waals surface area contributed by atoms with Crippen LogP contribution >= 0.6 is 0 Å². The molecule has 3 rings (SSSR count). The van der Waals surface area contributed by atoms with Crippen LogP contribution in [0.2, 0.25) is 0 Å². The molecule has 1 saturated heterocycles. The summed E-state index contributed by atoms with van der Waals surface area (Å²) in [6, 6.07) is 8.38. The fraction of sp³-hybridized carbons (Fsp3) is 0.550. The van der Waals surface area contributed by atoms with E-state index in [9.17, 15) is 5.11 Å². The number of benzene rings is 1. The van der Waals surface area contributed by atoms with Gasteiger partial charge >= 0.3 is 0 Å². The van der Waals surface area contributed by atoms with Crippen molar-refractivity contribution in [2.45, 2.75) is 38.8 Å². The Labute approximate surface area is 150 Å². The number of fused-ring (bicyclic) bond motifs is 1. The van der Waals surface area contributed by atoms with Gasteiger partial charge in [0, 0.05) is 36.8 Å². The molecule has 1 aliphatic rings. The van der Waals surface area contributed by atoms with E-state index in [4.69, 9.17) is 4.74 Å². The number of likely N-dealkylation sites (tertiary alicyclic amines) is 1. The number of piperidine rings is 1. The minimum Gasteiger partial charge on any atom is -0.497 e. The molecule has 1 fully saturated rings. The zero-order chi connectivity index (χ0) is 17.8. The highest BCUT2D eigenvalue weighted by molar-refractivity contribution is 5.91. The lowest BCUT2D eigenvalue weighted by Gasteiger charge is -2.37. The molecule has 0 bridgehead atoms. The fourth-order valence-corrected chi connectivity index (χ4v) is 3.71. The molecule has 3 atom stereocenters. The third kappa shape index (κ3) is 4.41. The van der Waals surface area contributed by atoms with E-state index in [2.05, 4.69) is 29.0 Å². The first kappa shape index (κ1) is 18.0. The summed E-state index contributed by atoms with van der Waals surface area (Å²) in [5.74, 6) is 1.58. The van der Waals surface area contributed by atoms with E-state index in [1.807, 2.05) is 24.3 Å². The summed E-state index contributed by atoms with van der Waals surface area (Å²) in [4.78, 5) is 6.86. The Kier molecular flexibility index (Phi) is 5.76.